The largest absolute Gasteiger partial charge is 0.466 e. The average Bonchev–Trinajstić information content (AvgIpc) is 2.73. The lowest BCUT2D eigenvalue weighted by atomic mass is 9.95. The molecule has 0 saturated heterocycles. The number of nitrogens with zero attached hydrogens (tertiary/aromatic N) is 1. The minimum atomic E-state index is -0.330. The van der Waals surface area contributed by atoms with Gasteiger partial charge in [0.05, 0.1) is 17.7 Å². The maximum absolute atomic E-state index is 11.8. The molecule has 1 aromatic carbocycles. The van der Waals surface area contributed by atoms with Crippen LogP contribution in [0.3, 0.4) is 0 Å². The molecule has 2 aromatic rings. The Labute approximate surface area is 116 Å². The van der Waals surface area contributed by atoms with E-state index in [0.29, 0.717) is 17.0 Å². The molecule has 98 valence electrons. The van der Waals surface area contributed by atoms with Crippen molar-refractivity contribution in [3.8, 4) is 0 Å². The number of hydrogen-bond acceptors (Lipinski definition) is 2. The molecule has 0 atom stereocenters. The average molecular weight is 276 g/mol. The van der Waals surface area contributed by atoms with Crippen molar-refractivity contribution >= 4 is 33.5 Å². The summed E-state index contributed by atoms with van der Waals surface area (Å²) < 4.78 is 6.96. The molecule has 0 N–H and O–H groups in total. The lowest BCUT2D eigenvalue weighted by Gasteiger charge is -2.16. The van der Waals surface area contributed by atoms with E-state index in [0.717, 1.165) is 22.9 Å². The molecule has 0 aliphatic heterocycles. The van der Waals surface area contributed by atoms with Crippen LogP contribution in [0.25, 0.3) is 15.9 Å². The summed E-state index contributed by atoms with van der Waals surface area (Å²) in [6.07, 6.45) is 1.43. The Kier molecular flexibility index (Phi) is 2.86. The predicted octanol–water partition coefficient (Wildman–Crippen LogP) is 3.25. The van der Waals surface area contributed by atoms with Crippen LogP contribution in [0.5, 0.6) is 0 Å². The van der Waals surface area contributed by atoms with Crippen molar-refractivity contribution in [2.75, 3.05) is 7.11 Å². The maximum atomic E-state index is 11.8. The van der Waals surface area contributed by atoms with E-state index >= 15 is 0 Å². The van der Waals surface area contributed by atoms with Gasteiger partial charge in [-0.25, -0.2) is 4.79 Å². The molecule has 0 spiro atoms. The van der Waals surface area contributed by atoms with Gasteiger partial charge >= 0.3 is 5.97 Å². The van der Waals surface area contributed by atoms with Gasteiger partial charge in [0.25, 0.3) is 0 Å². The molecular weight excluding hydrogens is 262 g/mol. The molecule has 1 aliphatic carbocycles. The summed E-state index contributed by atoms with van der Waals surface area (Å²) in [5.74, 6) is -0.330. The highest BCUT2D eigenvalue weighted by Gasteiger charge is 2.27. The van der Waals surface area contributed by atoms with Crippen LogP contribution in [0, 0.1) is 0 Å². The summed E-state index contributed by atoms with van der Waals surface area (Å²) in [6.45, 7) is 0. The highest BCUT2D eigenvalue weighted by molar-refractivity contribution is 6.52. The zero-order valence-electron chi connectivity index (χ0n) is 10.9. The summed E-state index contributed by atoms with van der Waals surface area (Å²) in [5, 5.41) is 1.62. The van der Waals surface area contributed by atoms with Gasteiger partial charge in [0, 0.05) is 29.2 Å². The van der Waals surface area contributed by atoms with Crippen molar-refractivity contribution in [1.29, 1.82) is 0 Å². The molecule has 0 fully saturated rings. The third-order valence-electron chi connectivity index (χ3n) is 3.76. The second kappa shape index (κ2) is 4.42. The van der Waals surface area contributed by atoms with Gasteiger partial charge in [-0.1, -0.05) is 29.8 Å². The Morgan fingerprint density at radius 2 is 2.05 bits per heavy atom. The maximum Gasteiger partial charge on any atom is 0.335 e. The summed E-state index contributed by atoms with van der Waals surface area (Å²) >= 11 is 6.44. The molecule has 1 aliphatic rings. The molecule has 0 radical (unpaired) electrons. The Hall–Kier alpha value is -1.74. The number of benzene rings is 1. The van der Waals surface area contributed by atoms with E-state index in [1.807, 2.05) is 25.2 Å². The molecule has 0 saturated carbocycles. The van der Waals surface area contributed by atoms with Crippen LogP contribution < -0.4 is 0 Å². The van der Waals surface area contributed by atoms with Crippen molar-refractivity contribution in [3.05, 3.63) is 41.1 Å². The van der Waals surface area contributed by atoms with Crippen LogP contribution in [-0.2, 0) is 23.0 Å². The lowest BCUT2D eigenvalue weighted by molar-refractivity contribution is -0.136. The highest BCUT2D eigenvalue weighted by atomic mass is 35.5. The molecule has 4 heteroatoms. The monoisotopic (exact) mass is 275 g/mol. The third-order valence-corrected chi connectivity index (χ3v) is 4.17. The molecule has 0 unspecified atom stereocenters. The molecule has 0 bridgehead atoms. The Morgan fingerprint density at radius 1 is 1.32 bits per heavy atom. The molecule has 1 heterocycles. The Morgan fingerprint density at radius 3 is 2.79 bits per heavy atom. The number of carbonyl (C=O) groups excluding carboxylic acids is 1. The Balaban J connectivity index is 2.32. The number of hydrogen-bond donors (Lipinski definition) is 0. The standard InChI is InChI=1S/C15H14ClNO2/c1-17-11-6-4-3-5-9(11)13-12(17)8-7-10(14(13)16)15(18)19-2/h3-6H,7-8H2,1-2H3. The fourth-order valence-electron chi connectivity index (χ4n) is 2.80. The van der Waals surface area contributed by atoms with Crippen molar-refractivity contribution < 1.29 is 9.53 Å². The zero-order chi connectivity index (χ0) is 13.6. The molecular formula is C15H14ClNO2. The van der Waals surface area contributed by atoms with Crippen LogP contribution in [-0.4, -0.2) is 17.6 Å². The number of halogens is 1. The fourth-order valence-corrected chi connectivity index (χ4v) is 3.19. The first-order valence-electron chi connectivity index (χ1n) is 6.18. The molecule has 19 heavy (non-hydrogen) atoms. The van der Waals surface area contributed by atoms with E-state index < -0.39 is 0 Å². The number of aromatic nitrogens is 1. The van der Waals surface area contributed by atoms with Gasteiger partial charge in [-0.05, 0) is 18.9 Å². The number of methoxy groups -OCH3 is 1. The van der Waals surface area contributed by atoms with E-state index in [4.69, 9.17) is 16.3 Å². The summed E-state index contributed by atoms with van der Waals surface area (Å²) in [5.41, 5.74) is 3.87. The normalized spacial score (nSPS) is 14.7. The smallest absolute Gasteiger partial charge is 0.335 e. The van der Waals surface area contributed by atoms with E-state index in [1.54, 1.807) is 0 Å². The first kappa shape index (κ1) is 12.3. The van der Waals surface area contributed by atoms with Crippen LogP contribution in [0.1, 0.15) is 17.7 Å². The Bertz CT molecular complexity index is 712. The first-order valence-corrected chi connectivity index (χ1v) is 6.56. The topological polar surface area (TPSA) is 31.2 Å². The number of rotatable bonds is 1. The SMILES string of the molecule is COC(=O)C1=C(Cl)c2c(n(C)c3ccccc23)CC1. The van der Waals surface area contributed by atoms with E-state index in [-0.39, 0.29) is 5.97 Å². The van der Waals surface area contributed by atoms with Gasteiger partial charge in [-0.15, -0.1) is 0 Å². The number of para-hydroxylation sites is 1. The summed E-state index contributed by atoms with van der Waals surface area (Å²) in [7, 11) is 3.42. The van der Waals surface area contributed by atoms with Gasteiger partial charge in [-0.2, -0.15) is 0 Å². The van der Waals surface area contributed by atoms with Crippen LogP contribution in [0.15, 0.2) is 29.8 Å². The number of esters is 1. The summed E-state index contributed by atoms with van der Waals surface area (Å²) in [4.78, 5) is 11.8. The van der Waals surface area contributed by atoms with E-state index in [2.05, 4.69) is 10.6 Å². The predicted molar refractivity (Wildman–Crippen MR) is 76.0 cm³/mol. The zero-order valence-corrected chi connectivity index (χ0v) is 11.6. The highest BCUT2D eigenvalue weighted by Crippen LogP contribution is 2.40. The van der Waals surface area contributed by atoms with Crippen molar-refractivity contribution in [2.24, 2.45) is 7.05 Å². The van der Waals surface area contributed by atoms with E-state index in [1.165, 1.54) is 12.8 Å². The summed E-state index contributed by atoms with van der Waals surface area (Å²) in [6, 6.07) is 8.10. The first-order chi connectivity index (χ1) is 9.15. The van der Waals surface area contributed by atoms with Crippen molar-refractivity contribution in [3.63, 3.8) is 0 Å². The van der Waals surface area contributed by atoms with Gasteiger partial charge in [-0.3, -0.25) is 0 Å². The van der Waals surface area contributed by atoms with Gasteiger partial charge in [0.2, 0.25) is 0 Å². The third kappa shape index (κ3) is 1.69. The van der Waals surface area contributed by atoms with Gasteiger partial charge < -0.3 is 9.30 Å². The fraction of sp³-hybridized carbons (Fsp3) is 0.267. The van der Waals surface area contributed by atoms with Crippen LogP contribution in [0.4, 0.5) is 0 Å². The number of fused-ring (bicyclic) bond motifs is 3. The minimum absolute atomic E-state index is 0.330. The molecule has 0 amide bonds. The van der Waals surface area contributed by atoms with Crippen molar-refractivity contribution in [1.82, 2.24) is 4.57 Å². The van der Waals surface area contributed by atoms with Gasteiger partial charge in [0.15, 0.2) is 0 Å². The second-order valence-corrected chi connectivity index (χ2v) is 5.06. The number of aryl methyl sites for hydroxylation is 1. The second-order valence-electron chi connectivity index (χ2n) is 4.68. The molecule has 3 nitrogen and oxygen atoms in total. The van der Waals surface area contributed by atoms with Crippen molar-refractivity contribution in [2.45, 2.75) is 12.8 Å². The minimum Gasteiger partial charge on any atom is -0.466 e. The van der Waals surface area contributed by atoms with Gasteiger partial charge in [0.1, 0.15) is 0 Å². The molecule has 1 aromatic heterocycles. The number of ether oxygens (including phenoxy) is 1. The number of carbonyl (C=O) groups is 1. The van der Waals surface area contributed by atoms with Crippen LogP contribution >= 0.6 is 11.6 Å². The van der Waals surface area contributed by atoms with E-state index in [9.17, 15) is 4.79 Å². The quantitative estimate of drug-likeness (QED) is 0.748. The van der Waals surface area contributed by atoms with Crippen LogP contribution in [0.2, 0.25) is 0 Å². The lowest BCUT2D eigenvalue weighted by Crippen LogP contribution is -2.13. The molecule has 3 rings (SSSR count).